The Hall–Kier alpha value is -1.86. The molecule has 1 saturated heterocycles. The summed E-state index contributed by atoms with van der Waals surface area (Å²) in [5.74, 6) is -1.91. The number of aromatic nitrogens is 1. The fourth-order valence-electron chi connectivity index (χ4n) is 2.83. The van der Waals surface area contributed by atoms with Crippen LogP contribution >= 0.6 is 0 Å². The van der Waals surface area contributed by atoms with Crippen LogP contribution in [0, 0.1) is 0 Å². The summed E-state index contributed by atoms with van der Waals surface area (Å²) >= 11 is 0. The molecule has 1 aromatic rings. The zero-order valence-electron chi connectivity index (χ0n) is 11.4. The van der Waals surface area contributed by atoms with Crippen molar-refractivity contribution in [1.29, 1.82) is 0 Å². The standard InChI is InChI=1S/C13H15NO6/c1-13(2)19-7-5-14-8(16)4-6(15)9(12(17)18-3)10(14)11(7)20-13/h4,7,11,15H,5H2,1-3H3/t7-,11-/m1/s1. The van der Waals surface area contributed by atoms with Gasteiger partial charge in [-0.3, -0.25) is 4.79 Å². The largest absolute Gasteiger partial charge is 0.507 e. The molecule has 2 aliphatic rings. The number of pyridine rings is 1. The van der Waals surface area contributed by atoms with Gasteiger partial charge in [-0.25, -0.2) is 4.79 Å². The number of carbonyl (C=O) groups is 1. The minimum Gasteiger partial charge on any atom is -0.507 e. The maximum absolute atomic E-state index is 11.9. The third kappa shape index (κ3) is 1.74. The number of nitrogens with zero attached hydrogens (tertiary/aromatic N) is 1. The Bertz CT molecular complexity index is 647. The molecule has 108 valence electrons. The van der Waals surface area contributed by atoms with Gasteiger partial charge in [0.1, 0.15) is 23.5 Å². The van der Waals surface area contributed by atoms with Crippen molar-refractivity contribution in [3.63, 3.8) is 0 Å². The van der Waals surface area contributed by atoms with Crippen LogP contribution in [-0.2, 0) is 20.8 Å². The highest BCUT2D eigenvalue weighted by atomic mass is 16.8. The van der Waals surface area contributed by atoms with Gasteiger partial charge in [-0.05, 0) is 13.8 Å². The fraction of sp³-hybridized carbons (Fsp3) is 0.538. The summed E-state index contributed by atoms with van der Waals surface area (Å²) in [4.78, 5) is 23.8. The average molecular weight is 281 g/mol. The molecule has 0 unspecified atom stereocenters. The van der Waals surface area contributed by atoms with Crippen molar-refractivity contribution in [2.45, 2.75) is 38.4 Å². The predicted octanol–water partition coefficient (Wildman–Crippen LogP) is 0.547. The van der Waals surface area contributed by atoms with E-state index >= 15 is 0 Å². The SMILES string of the molecule is COC(=O)c1c(O)cc(=O)n2c1[C@@H]1OC(C)(C)O[C@@H]1C2. The van der Waals surface area contributed by atoms with Crippen LogP contribution in [0.25, 0.3) is 0 Å². The van der Waals surface area contributed by atoms with Crippen molar-refractivity contribution in [1.82, 2.24) is 4.57 Å². The van der Waals surface area contributed by atoms with Gasteiger partial charge in [0.05, 0.1) is 19.3 Å². The number of aromatic hydroxyl groups is 1. The quantitative estimate of drug-likeness (QED) is 0.756. The van der Waals surface area contributed by atoms with E-state index in [0.29, 0.717) is 5.69 Å². The van der Waals surface area contributed by atoms with Gasteiger partial charge in [-0.2, -0.15) is 0 Å². The maximum Gasteiger partial charge on any atom is 0.343 e. The molecule has 7 heteroatoms. The Balaban J connectivity index is 2.20. The van der Waals surface area contributed by atoms with Crippen molar-refractivity contribution < 1.29 is 24.1 Å². The highest BCUT2D eigenvalue weighted by Crippen LogP contribution is 2.44. The lowest BCUT2D eigenvalue weighted by Gasteiger charge is -2.20. The second kappa shape index (κ2) is 4.07. The van der Waals surface area contributed by atoms with Crippen LogP contribution in [0.2, 0.25) is 0 Å². The first-order chi connectivity index (χ1) is 9.34. The van der Waals surface area contributed by atoms with E-state index in [1.54, 1.807) is 13.8 Å². The molecule has 1 aromatic heterocycles. The van der Waals surface area contributed by atoms with Crippen LogP contribution < -0.4 is 5.56 Å². The smallest absolute Gasteiger partial charge is 0.343 e. The van der Waals surface area contributed by atoms with Crippen LogP contribution in [-0.4, -0.2) is 34.6 Å². The average Bonchev–Trinajstić information content (AvgIpc) is 2.82. The molecule has 2 atom stereocenters. The molecule has 1 N–H and O–H groups in total. The number of rotatable bonds is 1. The molecular formula is C13H15NO6. The Labute approximate surface area is 114 Å². The summed E-state index contributed by atoms with van der Waals surface area (Å²) in [6.45, 7) is 3.80. The first-order valence-electron chi connectivity index (χ1n) is 6.24. The topological polar surface area (TPSA) is 87.0 Å². The fourth-order valence-corrected chi connectivity index (χ4v) is 2.83. The Morgan fingerprint density at radius 1 is 1.50 bits per heavy atom. The number of esters is 1. The number of hydrogen-bond donors (Lipinski definition) is 1. The summed E-state index contributed by atoms with van der Waals surface area (Å²) in [5.41, 5.74) is -0.122. The second-order valence-electron chi connectivity index (χ2n) is 5.32. The zero-order chi connectivity index (χ0) is 14.7. The molecule has 7 nitrogen and oxygen atoms in total. The molecule has 3 rings (SSSR count). The van der Waals surface area contributed by atoms with E-state index in [4.69, 9.17) is 9.47 Å². The first-order valence-corrected chi connectivity index (χ1v) is 6.24. The summed E-state index contributed by atoms with van der Waals surface area (Å²) < 4.78 is 17.5. The van der Waals surface area contributed by atoms with E-state index in [2.05, 4.69) is 4.74 Å². The number of methoxy groups -OCH3 is 1. The Morgan fingerprint density at radius 2 is 2.20 bits per heavy atom. The van der Waals surface area contributed by atoms with Crippen LogP contribution in [0.4, 0.5) is 0 Å². The van der Waals surface area contributed by atoms with Gasteiger partial charge in [0.2, 0.25) is 0 Å². The van der Waals surface area contributed by atoms with E-state index in [9.17, 15) is 14.7 Å². The molecule has 0 aromatic carbocycles. The van der Waals surface area contributed by atoms with Crippen molar-refractivity contribution in [2.24, 2.45) is 0 Å². The molecule has 0 amide bonds. The van der Waals surface area contributed by atoms with Crippen molar-refractivity contribution in [3.05, 3.63) is 27.7 Å². The van der Waals surface area contributed by atoms with Gasteiger partial charge in [-0.15, -0.1) is 0 Å². The number of carbonyl (C=O) groups excluding carboxylic acids is 1. The van der Waals surface area contributed by atoms with E-state index in [0.717, 1.165) is 6.07 Å². The van der Waals surface area contributed by atoms with Crippen molar-refractivity contribution >= 4 is 5.97 Å². The molecule has 0 bridgehead atoms. The highest BCUT2D eigenvalue weighted by molar-refractivity contribution is 5.93. The summed E-state index contributed by atoms with van der Waals surface area (Å²) in [6.07, 6.45) is -0.929. The van der Waals surface area contributed by atoms with Gasteiger partial charge in [0.15, 0.2) is 5.79 Å². The minimum absolute atomic E-state index is 0.0408. The van der Waals surface area contributed by atoms with E-state index < -0.39 is 29.2 Å². The second-order valence-corrected chi connectivity index (χ2v) is 5.32. The molecule has 0 spiro atoms. The normalized spacial score (nSPS) is 26.1. The predicted molar refractivity (Wildman–Crippen MR) is 66.5 cm³/mol. The monoisotopic (exact) mass is 281 g/mol. The zero-order valence-corrected chi connectivity index (χ0v) is 11.4. The molecule has 0 radical (unpaired) electrons. The number of fused-ring (bicyclic) bond motifs is 3. The molecule has 20 heavy (non-hydrogen) atoms. The molecule has 1 fully saturated rings. The number of ether oxygens (including phenoxy) is 3. The van der Waals surface area contributed by atoms with Gasteiger partial charge >= 0.3 is 5.97 Å². The lowest BCUT2D eigenvalue weighted by atomic mass is 10.1. The van der Waals surface area contributed by atoms with E-state index in [1.165, 1.54) is 11.7 Å². The van der Waals surface area contributed by atoms with Crippen LogP contribution in [0.15, 0.2) is 10.9 Å². The lowest BCUT2D eigenvalue weighted by molar-refractivity contribution is -0.151. The Morgan fingerprint density at radius 3 is 2.85 bits per heavy atom. The van der Waals surface area contributed by atoms with Gasteiger partial charge in [-0.1, -0.05) is 0 Å². The molecule has 3 heterocycles. The molecule has 0 aliphatic carbocycles. The lowest BCUT2D eigenvalue weighted by Crippen LogP contribution is -2.28. The third-order valence-electron chi connectivity index (χ3n) is 3.53. The highest BCUT2D eigenvalue weighted by Gasteiger charge is 2.49. The summed E-state index contributed by atoms with van der Waals surface area (Å²) in [6, 6.07) is 1.00. The van der Waals surface area contributed by atoms with Crippen molar-refractivity contribution in [3.8, 4) is 5.75 Å². The summed E-state index contributed by atoms with van der Waals surface area (Å²) in [5, 5.41) is 9.90. The minimum atomic E-state index is -0.796. The third-order valence-corrected chi connectivity index (χ3v) is 3.53. The van der Waals surface area contributed by atoms with Crippen molar-refractivity contribution in [2.75, 3.05) is 7.11 Å². The van der Waals surface area contributed by atoms with Crippen LogP contribution in [0.3, 0.4) is 0 Å². The molecular weight excluding hydrogens is 266 g/mol. The van der Waals surface area contributed by atoms with Gasteiger partial charge < -0.3 is 23.9 Å². The van der Waals surface area contributed by atoms with Gasteiger partial charge in [0.25, 0.3) is 5.56 Å². The Kier molecular flexibility index (Phi) is 2.67. The summed E-state index contributed by atoms with van der Waals surface area (Å²) in [7, 11) is 1.21. The molecule has 0 saturated carbocycles. The van der Waals surface area contributed by atoms with Gasteiger partial charge in [0, 0.05) is 6.07 Å². The first kappa shape index (κ1) is 13.1. The van der Waals surface area contributed by atoms with E-state index in [1.807, 2.05) is 0 Å². The van der Waals surface area contributed by atoms with Crippen LogP contribution in [0.1, 0.15) is 36.0 Å². The number of hydrogen-bond acceptors (Lipinski definition) is 6. The van der Waals surface area contributed by atoms with Crippen LogP contribution in [0.5, 0.6) is 5.75 Å². The molecule has 2 aliphatic heterocycles. The van der Waals surface area contributed by atoms with E-state index in [-0.39, 0.29) is 18.2 Å². The maximum atomic E-state index is 11.9.